The third kappa shape index (κ3) is 3.68. The fourth-order valence-electron chi connectivity index (χ4n) is 1.59. The second-order valence-corrected chi connectivity index (χ2v) is 5.06. The Hall–Kier alpha value is -1.13. The molecule has 1 aromatic carbocycles. The van der Waals surface area contributed by atoms with Crippen molar-refractivity contribution in [1.29, 1.82) is 0 Å². The number of hydrogen-bond donors (Lipinski definition) is 2. The van der Waals surface area contributed by atoms with Crippen molar-refractivity contribution in [2.24, 2.45) is 0 Å². The minimum Gasteiger partial charge on any atom is -0.352 e. The van der Waals surface area contributed by atoms with Crippen LogP contribution in [-0.4, -0.2) is 18.0 Å². The van der Waals surface area contributed by atoms with Crippen molar-refractivity contribution < 1.29 is 9.18 Å². The summed E-state index contributed by atoms with van der Waals surface area (Å²) in [6, 6.07) is 4.39. The average Bonchev–Trinajstić information content (AvgIpc) is 3.13. The number of rotatable bonds is 5. The van der Waals surface area contributed by atoms with E-state index in [1.165, 1.54) is 12.1 Å². The topological polar surface area (TPSA) is 41.1 Å². The summed E-state index contributed by atoms with van der Waals surface area (Å²) in [4.78, 5) is 11.7. The maximum Gasteiger partial charge on any atom is 0.237 e. The van der Waals surface area contributed by atoms with Crippen LogP contribution in [0.1, 0.15) is 25.3 Å². The number of hydrogen-bond acceptors (Lipinski definition) is 2. The summed E-state index contributed by atoms with van der Waals surface area (Å²) in [5.41, 5.74) is 0.466. The first kappa shape index (κ1) is 13.3. The number of amides is 1. The molecule has 1 fully saturated rings. The van der Waals surface area contributed by atoms with Crippen LogP contribution < -0.4 is 10.6 Å². The summed E-state index contributed by atoms with van der Waals surface area (Å²) >= 11 is 5.80. The second kappa shape index (κ2) is 5.67. The van der Waals surface area contributed by atoms with E-state index in [9.17, 15) is 9.18 Å². The minimum absolute atomic E-state index is 0.0417. The van der Waals surface area contributed by atoms with Crippen LogP contribution in [-0.2, 0) is 11.3 Å². The van der Waals surface area contributed by atoms with Crippen LogP contribution in [0.25, 0.3) is 0 Å². The molecule has 0 saturated heterocycles. The molecule has 1 amide bonds. The Morgan fingerprint density at radius 2 is 2.28 bits per heavy atom. The summed E-state index contributed by atoms with van der Waals surface area (Å²) in [6.07, 6.45) is 2.11. The van der Waals surface area contributed by atoms with E-state index >= 15 is 0 Å². The molecule has 5 heteroatoms. The quantitative estimate of drug-likeness (QED) is 0.862. The molecule has 1 atom stereocenters. The van der Waals surface area contributed by atoms with E-state index in [4.69, 9.17) is 11.6 Å². The zero-order valence-electron chi connectivity index (χ0n) is 10.2. The van der Waals surface area contributed by atoms with Gasteiger partial charge in [0.1, 0.15) is 5.82 Å². The van der Waals surface area contributed by atoms with Gasteiger partial charge in [0.25, 0.3) is 0 Å². The second-order valence-electron chi connectivity index (χ2n) is 4.62. The first-order chi connectivity index (χ1) is 8.56. The van der Waals surface area contributed by atoms with Crippen LogP contribution in [0.2, 0.25) is 5.02 Å². The van der Waals surface area contributed by atoms with Gasteiger partial charge >= 0.3 is 0 Å². The van der Waals surface area contributed by atoms with Crippen molar-refractivity contribution in [3.63, 3.8) is 0 Å². The molecule has 0 aliphatic heterocycles. The average molecular weight is 271 g/mol. The summed E-state index contributed by atoms with van der Waals surface area (Å²) in [5.74, 6) is -0.360. The lowest BCUT2D eigenvalue weighted by Crippen LogP contribution is -2.42. The van der Waals surface area contributed by atoms with Gasteiger partial charge < -0.3 is 10.6 Å². The highest BCUT2D eigenvalue weighted by atomic mass is 35.5. The summed E-state index contributed by atoms with van der Waals surface area (Å²) in [7, 11) is 0. The fourth-order valence-corrected chi connectivity index (χ4v) is 1.78. The number of nitrogens with one attached hydrogen (secondary N) is 2. The summed E-state index contributed by atoms with van der Waals surface area (Å²) in [6.45, 7) is 2.05. The molecule has 1 aliphatic rings. The van der Waals surface area contributed by atoms with Gasteiger partial charge in [0, 0.05) is 23.2 Å². The molecule has 0 aromatic heterocycles. The molecule has 0 spiro atoms. The van der Waals surface area contributed by atoms with Gasteiger partial charge in [0.15, 0.2) is 0 Å². The molecule has 1 aromatic rings. The lowest BCUT2D eigenvalue weighted by atomic mass is 10.2. The highest BCUT2D eigenvalue weighted by Gasteiger charge is 2.25. The highest BCUT2D eigenvalue weighted by molar-refractivity contribution is 6.30. The van der Waals surface area contributed by atoms with Gasteiger partial charge in [-0.25, -0.2) is 4.39 Å². The molecule has 1 aliphatic carbocycles. The lowest BCUT2D eigenvalue weighted by Gasteiger charge is -2.14. The van der Waals surface area contributed by atoms with Crippen LogP contribution in [0.4, 0.5) is 4.39 Å². The van der Waals surface area contributed by atoms with Gasteiger partial charge in [-0.2, -0.15) is 0 Å². The molecule has 0 bridgehead atoms. The van der Waals surface area contributed by atoms with E-state index in [1.807, 2.05) is 0 Å². The van der Waals surface area contributed by atoms with Crippen LogP contribution in [0.5, 0.6) is 0 Å². The largest absolute Gasteiger partial charge is 0.352 e. The monoisotopic (exact) mass is 270 g/mol. The van der Waals surface area contributed by atoms with Gasteiger partial charge in [-0.05, 0) is 38.0 Å². The Morgan fingerprint density at radius 3 is 2.94 bits per heavy atom. The molecule has 2 rings (SSSR count). The Balaban J connectivity index is 1.85. The SMILES string of the molecule is CC(NCc1cc(Cl)ccc1F)C(=O)NC1CC1. The number of benzene rings is 1. The normalized spacial score (nSPS) is 16.4. The van der Waals surface area contributed by atoms with Gasteiger partial charge in [0.2, 0.25) is 5.91 Å². The van der Waals surface area contributed by atoms with Crippen molar-refractivity contribution in [2.75, 3.05) is 0 Å². The van der Waals surface area contributed by atoms with E-state index in [0.717, 1.165) is 12.8 Å². The fraction of sp³-hybridized carbons (Fsp3) is 0.462. The molecule has 1 unspecified atom stereocenters. The number of carbonyl (C=O) groups excluding carboxylic acids is 1. The highest BCUT2D eigenvalue weighted by Crippen LogP contribution is 2.18. The Kier molecular flexibility index (Phi) is 4.19. The van der Waals surface area contributed by atoms with E-state index in [-0.39, 0.29) is 24.3 Å². The van der Waals surface area contributed by atoms with Crippen molar-refractivity contribution in [1.82, 2.24) is 10.6 Å². The standard InChI is InChI=1S/C13H16ClFN2O/c1-8(13(18)17-11-3-4-11)16-7-9-6-10(14)2-5-12(9)15/h2,5-6,8,11,16H,3-4,7H2,1H3,(H,17,18). The van der Waals surface area contributed by atoms with E-state index < -0.39 is 0 Å². The van der Waals surface area contributed by atoms with E-state index in [0.29, 0.717) is 16.6 Å². The van der Waals surface area contributed by atoms with Gasteiger partial charge in [0.05, 0.1) is 6.04 Å². The molecule has 98 valence electrons. The van der Waals surface area contributed by atoms with Crippen LogP contribution in [0.15, 0.2) is 18.2 Å². The van der Waals surface area contributed by atoms with Crippen LogP contribution in [0.3, 0.4) is 0 Å². The molecule has 3 nitrogen and oxygen atoms in total. The van der Waals surface area contributed by atoms with Crippen LogP contribution in [0, 0.1) is 5.82 Å². The van der Waals surface area contributed by atoms with E-state index in [1.54, 1.807) is 13.0 Å². The van der Waals surface area contributed by atoms with Gasteiger partial charge in [-0.15, -0.1) is 0 Å². The first-order valence-corrected chi connectivity index (χ1v) is 6.42. The predicted molar refractivity (Wildman–Crippen MR) is 68.9 cm³/mol. The van der Waals surface area contributed by atoms with Gasteiger partial charge in [-0.1, -0.05) is 11.6 Å². The molecule has 0 radical (unpaired) electrons. The maximum atomic E-state index is 13.4. The lowest BCUT2D eigenvalue weighted by molar-refractivity contribution is -0.122. The molecular weight excluding hydrogens is 255 g/mol. The smallest absolute Gasteiger partial charge is 0.237 e. The van der Waals surface area contributed by atoms with Crippen LogP contribution >= 0.6 is 11.6 Å². The Labute approximate surface area is 111 Å². The first-order valence-electron chi connectivity index (χ1n) is 6.04. The summed E-state index contributed by atoms with van der Waals surface area (Å²) < 4.78 is 13.4. The molecule has 1 saturated carbocycles. The zero-order valence-corrected chi connectivity index (χ0v) is 10.9. The predicted octanol–water partition coefficient (Wildman–Crippen LogP) is 2.24. The van der Waals surface area contributed by atoms with E-state index in [2.05, 4.69) is 10.6 Å². The van der Waals surface area contributed by atoms with Gasteiger partial charge in [-0.3, -0.25) is 4.79 Å². The van der Waals surface area contributed by atoms with Crippen molar-refractivity contribution in [2.45, 2.75) is 38.4 Å². The van der Waals surface area contributed by atoms with Crippen molar-refractivity contribution in [3.8, 4) is 0 Å². The maximum absolute atomic E-state index is 13.4. The zero-order chi connectivity index (χ0) is 13.1. The minimum atomic E-state index is -0.344. The Morgan fingerprint density at radius 1 is 1.56 bits per heavy atom. The molecule has 0 heterocycles. The molecular formula is C13H16ClFN2O. The Bertz CT molecular complexity index is 449. The number of carbonyl (C=O) groups is 1. The molecule has 18 heavy (non-hydrogen) atoms. The molecule has 2 N–H and O–H groups in total. The third-order valence-corrected chi connectivity index (χ3v) is 3.16. The number of halogens is 2. The van der Waals surface area contributed by atoms with Crippen molar-refractivity contribution in [3.05, 3.63) is 34.6 Å². The van der Waals surface area contributed by atoms with Crippen molar-refractivity contribution >= 4 is 17.5 Å². The third-order valence-electron chi connectivity index (χ3n) is 2.92. The summed E-state index contributed by atoms with van der Waals surface area (Å²) in [5, 5.41) is 6.37.